The predicted octanol–water partition coefficient (Wildman–Crippen LogP) is 1.59. The predicted molar refractivity (Wildman–Crippen MR) is 65.4 cm³/mol. The number of halogens is 1. The standard InChI is InChI=1S/C11H18ClN3O2/c12-6-5-10-13-14-11(17-10)15-7-1-3-9(15)4-2-8-16/h9,16H,1-8H2. The van der Waals surface area contributed by atoms with Crippen LogP contribution in [-0.4, -0.2) is 40.4 Å². The van der Waals surface area contributed by atoms with Gasteiger partial charge in [0, 0.05) is 31.5 Å². The summed E-state index contributed by atoms with van der Waals surface area (Å²) in [5.41, 5.74) is 0. The first-order valence-electron chi connectivity index (χ1n) is 6.11. The molecular weight excluding hydrogens is 242 g/mol. The lowest BCUT2D eigenvalue weighted by atomic mass is 10.1. The van der Waals surface area contributed by atoms with Gasteiger partial charge in [0.1, 0.15) is 0 Å². The molecule has 1 fully saturated rings. The summed E-state index contributed by atoms with van der Waals surface area (Å²) in [6.07, 6.45) is 4.69. The van der Waals surface area contributed by atoms with Crippen molar-refractivity contribution in [1.82, 2.24) is 10.2 Å². The van der Waals surface area contributed by atoms with Crippen LogP contribution in [0.5, 0.6) is 0 Å². The third-order valence-corrected chi connectivity index (χ3v) is 3.27. The van der Waals surface area contributed by atoms with Crippen molar-refractivity contribution in [3.8, 4) is 0 Å². The molecule has 1 aromatic heterocycles. The molecular formula is C11H18ClN3O2. The Balaban J connectivity index is 1.98. The van der Waals surface area contributed by atoms with E-state index in [1.54, 1.807) is 0 Å². The molecule has 6 heteroatoms. The molecule has 2 heterocycles. The van der Waals surface area contributed by atoms with Crippen LogP contribution >= 0.6 is 11.6 Å². The van der Waals surface area contributed by atoms with Gasteiger partial charge in [0.25, 0.3) is 0 Å². The van der Waals surface area contributed by atoms with Gasteiger partial charge in [0.05, 0.1) is 0 Å². The Bertz CT molecular complexity index is 345. The van der Waals surface area contributed by atoms with Gasteiger partial charge in [-0.1, -0.05) is 5.10 Å². The first-order chi connectivity index (χ1) is 8.35. The Morgan fingerprint density at radius 1 is 1.47 bits per heavy atom. The maximum absolute atomic E-state index is 8.87. The second kappa shape index (κ2) is 6.21. The average Bonchev–Trinajstić information content (AvgIpc) is 2.94. The van der Waals surface area contributed by atoms with Gasteiger partial charge in [0.15, 0.2) is 0 Å². The first kappa shape index (κ1) is 12.6. The van der Waals surface area contributed by atoms with Crippen LogP contribution in [0, 0.1) is 0 Å². The summed E-state index contributed by atoms with van der Waals surface area (Å²) < 4.78 is 5.57. The highest BCUT2D eigenvalue weighted by molar-refractivity contribution is 6.17. The lowest BCUT2D eigenvalue weighted by molar-refractivity contribution is 0.279. The summed E-state index contributed by atoms with van der Waals surface area (Å²) in [6, 6.07) is 1.03. The zero-order valence-corrected chi connectivity index (χ0v) is 10.6. The number of aromatic nitrogens is 2. The van der Waals surface area contributed by atoms with Gasteiger partial charge in [-0.05, 0) is 25.7 Å². The summed E-state index contributed by atoms with van der Waals surface area (Å²) >= 11 is 5.63. The third-order valence-electron chi connectivity index (χ3n) is 3.08. The molecule has 0 amide bonds. The summed E-state index contributed by atoms with van der Waals surface area (Å²) in [5, 5.41) is 16.9. The van der Waals surface area contributed by atoms with Gasteiger partial charge in [-0.3, -0.25) is 0 Å². The third kappa shape index (κ3) is 3.10. The van der Waals surface area contributed by atoms with Crippen molar-refractivity contribution in [2.75, 3.05) is 23.9 Å². The molecule has 0 saturated carbocycles. The fraction of sp³-hybridized carbons (Fsp3) is 0.818. The van der Waals surface area contributed by atoms with Crippen molar-refractivity contribution in [2.45, 2.75) is 38.1 Å². The van der Waals surface area contributed by atoms with Crippen molar-refractivity contribution < 1.29 is 9.52 Å². The quantitative estimate of drug-likeness (QED) is 0.786. The van der Waals surface area contributed by atoms with Crippen LogP contribution in [0.25, 0.3) is 0 Å². The zero-order chi connectivity index (χ0) is 12.1. The number of aliphatic hydroxyl groups is 1. The largest absolute Gasteiger partial charge is 0.408 e. The molecule has 0 aliphatic carbocycles. The molecule has 1 aromatic rings. The second-order valence-corrected chi connectivity index (χ2v) is 4.65. The molecule has 0 bridgehead atoms. The number of hydrogen-bond acceptors (Lipinski definition) is 5. The normalized spacial score (nSPS) is 20.1. The van der Waals surface area contributed by atoms with Crippen LogP contribution in [0.4, 0.5) is 6.01 Å². The van der Waals surface area contributed by atoms with E-state index in [9.17, 15) is 0 Å². The first-order valence-corrected chi connectivity index (χ1v) is 6.64. The van der Waals surface area contributed by atoms with Crippen molar-refractivity contribution in [2.24, 2.45) is 0 Å². The molecule has 0 aromatic carbocycles. The summed E-state index contributed by atoms with van der Waals surface area (Å²) in [5.74, 6) is 1.10. The van der Waals surface area contributed by atoms with Gasteiger partial charge in [-0.25, -0.2) is 0 Å². The molecule has 96 valence electrons. The van der Waals surface area contributed by atoms with Gasteiger partial charge < -0.3 is 14.4 Å². The fourth-order valence-electron chi connectivity index (χ4n) is 2.26. The Morgan fingerprint density at radius 2 is 2.35 bits per heavy atom. The molecule has 1 aliphatic rings. The SMILES string of the molecule is OCCCC1CCCN1c1nnc(CCCl)o1. The van der Waals surface area contributed by atoms with Crippen LogP contribution in [0.3, 0.4) is 0 Å². The topological polar surface area (TPSA) is 62.4 Å². The molecule has 1 N–H and O–H groups in total. The minimum atomic E-state index is 0.242. The number of hydrogen-bond donors (Lipinski definition) is 1. The molecule has 1 atom stereocenters. The Labute approximate surface area is 106 Å². The second-order valence-electron chi connectivity index (χ2n) is 4.27. The highest BCUT2D eigenvalue weighted by Crippen LogP contribution is 2.27. The fourth-order valence-corrected chi connectivity index (χ4v) is 2.42. The van der Waals surface area contributed by atoms with Crippen LogP contribution in [-0.2, 0) is 6.42 Å². The summed E-state index contributed by atoms with van der Waals surface area (Å²) in [4.78, 5) is 2.15. The molecule has 5 nitrogen and oxygen atoms in total. The van der Waals surface area contributed by atoms with Gasteiger partial charge >= 0.3 is 6.01 Å². The minimum Gasteiger partial charge on any atom is -0.408 e. The van der Waals surface area contributed by atoms with Crippen LogP contribution in [0.15, 0.2) is 4.42 Å². The molecule has 2 rings (SSSR count). The Morgan fingerprint density at radius 3 is 3.12 bits per heavy atom. The molecule has 1 unspecified atom stereocenters. The van der Waals surface area contributed by atoms with Crippen molar-refractivity contribution in [3.05, 3.63) is 5.89 Å². The van der Waals surface area contributed by atoms with Crippen molar-refractivity contribution in [3.63, 3.8) is 0 Å². The van der Waals surface area contributed by atoms with E-state index in [2.05, 4.69) is 15.1 Å². The molecule has 1 aliphatic heterocycles. The van der Waals surface area contributed by atoms with Gasteiger partial charge in [-0.15, -0.1) is 16.7 Å². The number of rotatable bonds is 6. The van der Waals surface area contributed by atoms with E-state index in [-0.39, 0.29) is 6.61 Å². The summed E-state index contributed by atoms with van der Waals surface area (Å²) in [7, 11) is 0. The minimum absolute atomic E-state index is 0.242. The molecule has 0 radical (unpaired) electrons. The van der Waals surface area contributed by atoms with Crippen LogP contribution in [0.1, 0.15) is 31.6 Å². The van der Waals surface area contributed by atoms with Crippen LogP contribution in [0.2, 0.25) is 0 Å². The maximum atomic E-state index is 8.87. The highest BCUT2D eigenvalue weighted by atomic mass is 35.5. The van der Waals surface area contributed by atoms with Crippen molar-refractivity contribution in [1.29, 1.82) is 0 Å². The smallest absolute Gasteiger partial charge is 0.318 e. The highest BCUT2D eigenvalue weighted by Gasteiger charge is 2.27. The van der Waals surface area contributed by atoms with Gasteiger partial charge in [0.2, 0.25) is 5.89 Å². The molecule has 1 saturated heterocycles. The van der Waals surface area contributed by atoms with E-state index in [1.807, 2.05) is 0 Å². The molecule has 0 spiro atoms. The van der Waals surface area contributed by atoms with Crippen LogP contribution < -0.4 is 4.90 Å². The zero-order valence-electron chi connectivity index (χ0n) is 9.81. The lowest BCUT2D eigenvalue weighted by Crippen LogP contribution is -2.29. The number of aryl methyl sites for hydroxylation is 1. The average molecular weight is 260 g/mol. The van der Waals surface area contributed by atoms with E-state index >= 15 is 0 Å². The monoisotopic (exact) mass is 259 g/mol. The van der Waals surface area contributed by atoms with Gasteiger partial charge in [-0.2, -0.15) is 0 Å². The van der Waals surface area contributed by atoms with E-state index < -0.39 is 0 Å². The van der Waals surface area contributed by atoms with E-state index in [0.29, 0.717) is 30.2 Å². The van der Waals surface area contributed by atoms with E-state index in [1.165, 1.54) is 0 Å². The summed E-state index contributed by atoms with van der Waals surface area (Å²) in [6.45, 7) is 1.20. The molecule has 17 heavy (non-hydrogen) atoms. The number of alkyl halides is 1. The Kier molecular flexibility index (Phi) is 4.62. The Hall–Kier alpha value is -0.810. The number of aliphatic hydroxyl groups excluding tert-OH is 1. The van der Waals surface area contributed by atoms with Crippen molar-refractivity contribution >= 4 is 17.6 Å². The lowest BCUT2D eigenvalue weighted by Gasteiger charge is -2.21. The number of anilines is 1. The van der Waals surface area contributed by atoms with E-state index in [0.717, 1.165) is 32.2 Å². The maximum Gasteiger partial charge on any atom is 0.318 e. The van der Waals surface area contributed by atoms with E-state index in [4.69, 9.17) is 21.1 Å². The number of nitrogens with zero attached hydrogens (tertiary/aromatic N) is 3.